The molecule has 0 bridgehead atoms. The lowest BCUT2D eigenvalue weighted by Gasteiger charge is -2.36. The number of carbonyl (C=O) groups is 1. The second-order valence-electron chi connectivity index (χ2n) is 5.28. The number of carbonyl (C=O) groups excluding carboxylic acids is 1. The molecule has 1 saturated carbocycles. The molecule has 0 aromatic heterocycles. The largest absolute Gasteiger partial charge is 0.319 e. The molecular formula is C17H17NO. The van der Waals surface area contributed by atoms with E-state index < -0.39 is 5.54 Å². The van der Waals surface area contributed by atoms with Crippen molar-refractivity contribution in [2.75, 3.05) is 0 Å². The van der Waals surface area contributed by atoms with E-state index in [2.05, 4.69) is 12.1 Å². The van der Waals surface area contributed by atoms with Crippen LogP contribution in [0.1, 0.15) is 29.6 Å². The van der Waals surface area contributed by atoms with E-state index in [1.165, 1.54) is 0 Å². The van der Waals surface area contributed by atoms with E-state index in [4.69, 9.17) is 5.73 Å². The first-order valence-corrected chi connectivity index (χ1v) is 6.68. The first-order chi connectivity index (χ1) is 9.19. The van der Waals surface area contributed by atoms with Crippen LogP contribution >= 0.6 is 0 Å². The zero-order chi connectivity index (χ0) is 13.3. The molecule has 0 heterocycles. The highest BCUT2D eigenvalue weighted by atomic mass is 16.1. The molecule has 0 amide bonds. The molecule has 0 unspecified atom stereocenters. The van der Waals surface area contributed by atoms with Gasteiger partial charge in [0.1, 0.15) is 0 Å². The van der Waals surface area contributed by atoms with Crippen LogP contribution in [0.25, 0.3) is 11.1 Å². The Balaban J connectivity index is 1.85. The summed E-state index contributed by atoms with van der Waals surface area (Å²) in [4.78, 5) is 12.3. The molecule has 2 heteroatoms. The summed E-state index contributed by atoms with van der Waals surface area (Å²) in [6.07, 6.45) is 2.68. The Kier molecular flexibility index (Phi) is 2.96. The van der Waals surface area contributed by atoms with Gasteiger partial charge in [0.2, 0.25) is 0 Å². The van der Waals surface area contributed by atoms with Crippen molar-refractivity contribution in [1.82, 2.24) is 0 Å². The lowest BCUT2D eigenvalue weighted by atomic mass is 9.73. The van der Waals surface area contributed by atoms with Crippen LogP contribution in [0.3, 0.4) is 0 Å². The third-order valence-corrected chi connectivity index (χ3v) is 3.95. The zero-order valence-corrected chi connectivity index (χ0v) is 10.8. The van der Waals surface area contributed by atoms with Crippen molar-refractivity contribution in [2.45, 2.75) is 24.8 Å². The highest BCUT2D eigenvalue weighted by Crippen LogP contribution is 2.32. The van der Waals surface area contributed by atoms with Crippen molar-refractivity contribution in [1.29, 1.82) is 0 Å². The van der Waals surface area contributed by atoms with Crippen molar-refractivity contribution in [3.05, 3.63) is 60.2 Å². The molecule has 2 aromatic rings. The molecule has 2 N–H and O–H groups in total. The maximum absolute atomic E-state index is 12.3. The SMILES string of the molecule is NC1(C(=O)c2ccc(-c3ccccc3)cc2)CCC1. The van der Waals surface area contributed by atoms with E-state index in [0.717, 1.165) is 36.0 Å². The summed E-state index contributed by atoms with van der Waals surface area (Å²) < 4.78 is 0. The van der Waals surface area contributed by atoms with Crippen molar-refractivity contribution in [3.63, 3.8) is 0 Å². The van der Waals surface area contributed by atoms with Crippen LogP contribution in [0.5, 0.6) is 0 Å². The standard InChI is InChI=1S/C17H17NO/c18-17(11-4-12-17)16(19)15-9-7-14(8-10-15)13-5-2-1-3-6-13/h1-3,5-10H,4,11-12,18H2. The number of hydrogen-bond acceptors (Lipinski definition) is 2. The summed E-state index contributed by atoms with van der Waals surface area (Å²) in [6, 6.07) is 17.9. The van der Waals surface area contributed by atoms with Crippen LogP contribution < -0.4 is 5.73 Å². The fraction of sp³-hybridized carbons (Fsp3) is 0.235. The van der Waals surface area contributed by atoms with Crippen LogP contribution in [-0.4, -0.2) is 11.3 Å². The van der Waals surface area contributed by atoms with Gasteiger partial charge in [0.15, 0.2) is 5.78 Å². The van der Waals surface area contributed by atoms with E-state index in [9.17, 15) is 4.79 Å². The van der Waals surface area contributed by atoms with E-state index >= 15 is 0 Å². The maximum Gasteiger partial charge on any atom is 0.182 e. The summed E-state index contributed by atoms with van der Waals surface area (Å²) in [5, 5.41) is 0. The Bertz CT molecular complexity index is 582. The van der Waals surface area contributed by atoms with Gasteiger partial charge in [-0.25, -0.2) is 0 Å². The van der Waals surface area contributed by atoms with Crippen LogP contribution in [0.4, 0.5) is 0 Å². The van der Waals surface area contributed by atoms with Crippen LogP contribution in [0.15, 0.2) is 54.6 Å². The molecule has 1 fully saturated rings. The van der Waals surface area contributed by atoms with Crippen molar-refractivity contribution in [2.24, 2.45) is 5.73 Å². The summed E-state index contributed by atoms with van der Waals surface area (Å²) in [5.74, 6) is 0.0818. The van der Waals surface area contributed by atoms with Crippen LogP contribution in [0.2, 0.25) is 0 Å². The Labute approximate surface area is 113 Å². The fourth-order valence-electron chi connectivity index (χ4n) is 2.52. The van der Waals surface area contributed by atoms with Gasteiger partial charge in [-0.3, -0.25) is 4.79 Å². The van der Waals surface area contributed by atoms with Crippen LogP contribution in [0, 0.1) is 0 Å². The molecule has 2 nitrogen and oxygen atoms in total. The van der Waals surface area contributed by atoms with Crippen molar-refractivity contribution >= 4 is 5.78 Å². The molecule has 1 aliphatic carbocycles. The highest BCUT2D eigenvalue weighted by Gasteiger charge is 2.40. The van der Waals surface area contributed by atoms with Gasteiger partial charge in [-0.2, -0.15) is 0 Å². The molecule has 2 aromatic carbocycles. The quantitative estimate of drug-likeness (QED) is 0.849. The number of nitrogens with two attached hydrogens (primary N) is 1. The molecule has 0 saturated heterocycles. The predicted octanol–water partition coefficient (Wildman–Crippen LogP) is 3.42. The number of benzene rings is 2. The third kappa shape index (κ3) is 2.20. The molecule has 0 atom stereocenters. The predicted molar refractivity (Wildman–Crippen MR) is 77.0 cm³/mol. The third-order valence-electron chi connectivity index (χ3n) is 3.95. The molecule has 96 valence electrons. The smallest absolute Gasteiger partial charge is 0.182 e. The molecule has 3 rings (SSSR count). The second-order valence-corrected chi connectivity index (χ2v) is 5.28. The molecule has 1 aliphatic rings. The van der Waals surface area contributed by atoms with Gasteiger partial charge in [-0.1, -0.05) is 54.6 Å². The number of hydrogen-bond donors (Lipinski definition) is 1. The second kappa shape index (κ2) is 4.63. The first-order valence-electron chi connectivity index (χ1n) is 6.68. The van der Waals surface area contributed by atoms with E-state index in [0.29, 0.717) is 0 Å². The maximum atomic E-state index is 12.3. The highest BCUT2D eigenvalue weighted by molar-refractivity contribution is 6.04. The molecule has 0 aliphatic heterocycles. The molecule has 19 heavy (non-hydrogen) atoms. The van der Waals surface area contributed by atoms with Gasteiger partial charge < -0.3 is 5.73 Å². The van der Waals surface area contributed by atoms with Crippen molar-refractivity contribution < 1.29 is 4.79 Å². The lowest BCUT2D eigenvalue weighted by Crippen LogP contribution is -2.53. The number of Topliss-reactive ketones (excluding diaryl/α,β-unsaturated/α-hetero) is 1. The fourth-order valence-corrected chi connectivity index (χ4v) is 2.52. The monoisotopic (exact) mass is 251 g/mol. The average molecular weight is 251 g/mol. The molecule has 0 radical (unpaired) electrons. The topological polar surface area (TPSA) is 43.1 Å². The minimum Gasteiger partial charge on any atom is -0.319 e. The number of ketones is 1. The van der Waals surface area contributed by atoms with E-state index in [-0.39, 0.29) is 5.78 Å². The number of rotatable bonds is 3. The summed E-state index contributed by atoms with van der Waals surface area (Å²) in [6.45, 7) is 0. The summed E-state index contributed by atoms with van der Waals surface area (Å²) >= 11 is 0. The molecular weight excluding hydrogens is 234 g/mol. The van der Waals surface area contributed by atoms with Gasteiger partial charge in [0.25, 0.3) is 0 Å². The Hall–Kier alpha value is -1.93. The normalized spacial score (nSPS) is 16.7. The lowest BCUT2D eigenvalue weighted by molar-refractivity contribution is 0.0801. The Morgan fingerprint density at radius 2 is 1.47 bits per heavy atom. The van der Waals surface area contributed by atoms with Gasteiger partial charge >= 0.3 is 0 Å². The summed E-state index contributed by atoms with van der Waals surface area (Å²) in [5.41, 5.74) is 8.48. The van der Waals surface area contributed by atoms with Gasteiger partial charge in [-0.15, -0.1) is 0 Å². The van der Waals surface area contributed by atoms with Gasteiger partial charge in [0, 0.05) is 5.56 Å². The van der Waals surface area contributed by atoms with Crippen molar-refractivity contribution in [3.8, 4) is 11.1 Å². The first kappa shape index (κ1) is 12.1. The minimum absolute atomic E-state index is 0.0818. The minimum atomic E-state index is -0.603. The van der Waals surface area contributed by atoms with E-state index in [1.807, 2.05) is 42.5 Å². The Morgan fingerprint density at radius 3 is 2.00 bits per heavy atom. The van der Waals surface area contributed by atoms with Gasteiger partial charge in [-0.05, 0) is 30.4 Å². The zero-order valence-electron chi connectivity index (χ0n) is 10.8. The Morgan fingerprint density at radius 1 is 0.895 bits per heavy atom. The summed E-state index contributed by atoms with van der Waals surface area (Å²) in [7, 11) is 0. The molecule has 0 spiro atoms. The van der Waals surface area contributed by atoms with Crippen LogP contribution in [-0.2, 0) is 0 Å². The van der Waals surface area contributed by atoms with E-state index in [1.54, 1.807) is 0 Å². The average Bonchev–Trinajstić information content (AvgIpc) is 2.45. The van der Waals surface area contributed by atoms with Gasteiger partial charge in [0.05, 0.1) is 5.54 Å².